The molecule has 0 aliphatic rings. The summed E-state index contributed by atoms with van der Waals surface area (Å²) in [6.45, 7) is 5.66. The minimum Gasteiger partial charge on any atom is -0.238 e. The maximum absolute atomic E-state index is 13.2. The molecule has 0 fully saturated rings. The monoisotopic (exact) mass is 303 g/mol. The molecule has 1 rings (SSSR count). The van der Waals surface area contributed by atoms with Crippen LogP contribution in [0.1, 0.15) is 25.8 Å². The van der Waals surface area contributed by atoms with Crippen LogP contribution in [0.15, 0.2) is 22.2 Å². The number of nitrogens with one attached hydrogen (secondary N) is 1. The van der Waals surface area contributed by atoms with Crippen molar-refractivity contribution in [1.29, 1.82) is 5.53 Å². The Hall–Kier alpha value is -1.00. The summed E-state index contributed by atoms with van der Waals surface area (Å²) in [7, 11) is 0. The smallest absolute Gasteiger partial charge is 0.142 e. The van der Waals surface area contributed by atoms with E-state index in [1.54, 1.807) is 6.92 Å². The van der Waals surface area contributed by atoms with Crippen molar-refractivity contribution in [3.8, 4) is 0 Å². The molecule has 104 valence electrons. The van der Waals surface area contributed by atoms with Crippen LogP contribution in [0.2, 0.25) is 5.02 Å². The number of benzene rings is 1. The van der Waals surface area contributed by atoms with Gasteiger partial charge in [-0.25, -0.2) is 14.9 Å². The van der Waals surface area contributed by atoms with Gasteiger partial charge in [-0.1, -0.05) is 43.5 Å². The third kappa shape index (κ3) is 3.98. The van der Waals surface area contributed by atoms with Gasteiger partial charge in [0, 0.05) is 0 Å². The third-order valence-electron chi connectivity index (χ3n) is 3.03. The fourth-order valence-electron chi connectivity index (χ4n) is 1.58. The zero-order valence-electron chi connectivity index (χ0n) is 11.0. The molecule has 19 heavy (non-hydrogen) atoms. The van der Waals surface area contributed by atoms with E-state index in [0.717, 1.165) is 6.42 Å². The molecule has 1 aromatic carbocycles. The number of aryl methyl sites for hydroxylation is 1. The van der Waals surface area contributed by atoms with Gasteiger partial charge in [0.25, 0.3) is 0 Å². The van der Waals surface area contributed by atoms with Crippen molar-refractivity contribution in [1.82, 2.24) is 0 Å². The lowest BCUT2D eigenvalue weighted by Crippen LogP contribution is -2.21. The Morgan fingerprint density at radius 1 is 1.47 bits per heavy atom. The highest BCUT2D eigenvalue weighted by Crippen LogP contribution is 2.28. The lowest BCUT2D eigenvalue weighted by molar-refractivity contribution is 0.507. The molecule has 3 nitrogen and oxygen atoms in total. The van der Waals surface area contributed by atoms with Gasteiger partial charge in [0.1, 0.15) is 17.0 Å². The Morgan fingerprint density at radius 3 is 2.63 bits per heavy atom. The van der Waals surface area contributed by atoms with E-state index >= 15 is 0 Å². The summed E-state index contributed by atoms with van der Waals surface area (Å²) in [6.07, 6.45) is 0.835. The van der Waals surface area contributed by atoms with Gasteiger partial charge in [0.05, 0.1) is 10.7 Å². The molecule has 0 spiro atoms. The van der Waals surface area contributed by atoms with E-state index in [4.69, 9.17) is 28.7 Å². The van der Waals surface area contributed by atoms with Crippen LogP contribution in [0.25, 0.3) is 0 Å². The lowest BCUT2D eigenvalue weighted by Gasteiger charge is -2.15. The third-order valence-corrected chi connectivity index (χ3v) is 3.63. The Morgan fingerprint density at radius 2 is 2.11 bits per heavy atom. The van der Waals surface area contributed by atoms with Crippen LogP contribution in [0, 0.1) is 24.2 Å². The van der Waals surface area contributed by atoms with Crippen molar-refractivity contribution in [2.24, 2.45) is 16.0 Å². The summed E-state index contributed by atoms with van der Waals surface area (Å²) in [5.41, 5.74) is 8.32. The minimum atomic E-state index is -0.488. The fourth-order valence-corrected chi connectivity index (χ4v) is 2.09. The number of halogens is 3. The van der Waals surface area contributed by atoms with Crippen molar-refractivity contribution < 1.29 is 4.39 Å². The zero-order chi connectivity index (χ0) is 14.6. The number of hydrogen-bond donors (Lipinski definition) is 1. The fraction of sp³-hybridized carbons (Fsp3) is 0.462. The van der Waals surface area contributed by atoms with E-state index in [2.05, 4.69) is 10.1 Å². The topological polar surface area (TPSA) is 48.6 Å². The van der Waals surface area contributed by atoms with E-state index in [0.29, 0.717) is 11.3 Å². The maximum Gasteiger partial charge on any atom is 0.142 e. The maximum atomic E-state index is 13.2. The predicted molar refractivity (Wildman–Crippen MR) is 77.5 cm³/mol. The van der Waals surface area contributed by atoms with Gasteiger partial charge >= 0.3 is 0 Å². The van der Waals surface area contributed by atoms with E-state index in [-0.39, 0.29) is 16.1 Å². The molecule has 0 aliphatic carbocycles. The summed E-state index contributed by atoms with van der Waals surface area (Å²) >= 11 is 11.8. The normalized spacial score (nSPS) is 15.2. The van der Waals surface area contributed by atoms with E-state index in [9.17, 15) is 4.39 Å². The molecule has 0 aliphatic heterocycles. The molecular weight excluding hydrogens is 288 g/mol. The Kier molecular flexibility index (Phi) is 5.88. The van der Waals surface area contributed by atoms with Crippen LogP contribution in [-0.4, -0.2) is 11.2 Å². The molecule has 2 atom stereocenters. The van der Waals surface area contributed by atoms with Crippen molar-refractivity contribution in [2.45, 2.75) is 33.2 Å². The molecule has 0 heterocycles. The van der Waals surface area contributed by atoms with Crippen LogP contribution < -0.4 is 0 Å². The highest BCUT2D eigenvalue weighted by Gasteiger charge is 2.20. The van der Waals surface area contributed by atoms with Gasteiger partial charge in [-0.15, -0.1) is 0 Å². The lowest BCUT2D eigenvalue weighted by atomic mass is 10.0. The molecule has 2 unspecified atom stereocenters. The second-order valence-electron chi connectivity index (χ2n) is 4.45. The summed E-state index contributed by atoms with van der Waals surface area (Å²) in [5.74, 6) is -0.372. The second kappa shape index (κ2) is 6.96. The van der Waals surface area contributed by atoms with Crippen LogP contribution in [-0.2, 0) is 0 Å². The Labute approximate surface area is 122 Å². The summed E-state index contributed by atoms with van der Waals surface area (Å²) in [4.78, 5) is 4.22. The second-order valence-corrected chi connectivity index (χ2v) is 5.24. The quantitative estimate of drug-likeness (QED) is 0.551. The molecule has 1 aromatic rings. The first-order valence-corrected chi connectivity index (χ1v) is 6.72. The SMILES string of the molecule is CCC(C)C(N=N)C(Cl)=Nc1cc(Cl)c(F)cc1C. The van der Waals surface area contributed by atoms with Crippen LogP contribution in [0.4, 0.5) is 10.1 Å². The molecule has 0 saturated carbocycles. The predicted octanol–water partition coefficient (Wildman–Crippen LogP) is 5.50. The average Bonchev–Trinajstić information content (AvgIpc) is 2.36. The first-order valence-electron chi connectivity index (χ1n) is 5.97. The number of hydrogen-bond acceptors (Lipinski definition) is 3. The summed E-state index contributed by atoms with van der Waals surface area (Å²) < 4.78 is 13.2. The molecule has 0 amide bonds. The van der Waals surface area contributed by atoms with Crippen molar-refractivity contribution in [3.05, 3.63) is 28.5 Å². The van der Waals surface area contributed by atoms with Gasteiger partial charge in [-0.2, -0.15) is 5.11 Å². The van der Waals surface area contributed by atoms with Gasteiger partial charge in [-0.3, -0.25) is 0 Å². The van der Waals surface area contributed by atoms with Crippen LogP contribution >= 0.6 is 23.2 Å². The average molecular weight is 304 g/mol. The Bertz CT molecular complexity index is 503. The number of rotatable bonds is 5. The van der Waals surface area contributed by atoms with E-state index in [1.807, 2.05) is 13.8 Å². The molecule has 0 saturated heterocycles. The molecule has 0 aromatic heterocycles. The van der Waals surface area contributed by atoms with Crippen LogP contribution in [0.5, 0.6) is 0 Å². The molecule has 0 radical (unpaired) electrons. The first kappa shape index (κ1) is 16.1. The summed E-state index contributed by atoms with van der Waals surface area (Å²) in [6, 6.07) is 2.25. The highest BCUT2D eigenvalue weighted by atomic mass is 35.5. The molecule has 6 heteroatoms. The minimum absolute atomic E-state index is 0.00304. The van der Waals surface area contributed by atoms with Gasteiger partial charge < -0.3 is 0 Å². The number of nitrogens with zero attached hydrogens (tertiary/aromatic N) is 2. The van der Waals surface area contributed by atoms with E-state index < -0.39 is 11.9 Å². The summed E-state index contributed by atoms with van der Waals surface area (Å²) in [5, 5.41) is 3.72. The van der Waals surface area contributed by atoms with Gasteiger partial charge in [0.2, 0.25) is 0 Å². The van der Waals surface area contributed by atoms with Crippen LogP contribution in [0.3, 0.4) is 0 Å². The first-order chi connectivity index (χ1) is 8.90. The van der Waals surface area contributed by atoms with Crippen molar-refractivity contribution in [3.63, 3.8) is 0 Å². The van der Waals surface area contributed by atoms with Gasteiger partial charge in [0.15, 0.2) is 0 Å². The largest absolute Gasteiger partial charge is 0.238 e. The molecule has 0 bridgehead atoms. The molecular formula is C13H16Cl2FN3. The standard InChI is InChI=1S/C13H16Cl2FN3/c1-4-7(2)12(19-17)13(15)18-11-6-9(14)10(16)5-8(11)3/h5-7,12,17H,4H2,1-3H3. The van der Waals surface area contributed by atoms with Crippen molar-refractivity contribution >= 4 is 34.1 Å². The van der Waals surface area contributed by atoms with Crippen molar-refractivity contribution in [2.75, 3.05) is 0 Å². The molecule has 1 N–H and O–H groups in total. The highest BCUT2D eigenvalue weighted by molar-refractivity contribution is 6.67. The van der Waals surface area contributed by atoms with E-state index in [1.165, 1.54) is 12.1 Å². The number of aliphatic imine (C=N–C) groups is 1. The van der Waals surface area contributed by atoms with Gasteiger partial charge in [-0.05, 0) is 30.5 Å². The zero-order valence-corrected chi connectivity index (χ0v) is 12.6. The Balaban J connectivity index is 3.14.